The lowest BCUT2D eigenvalue weighted by Gasteiger charge is -2.08. The van der Waals surface area contributed by atoms with Crippen LogP contribution in [-0.4, -0.2) is 36.2 Å². The van der Waals surface area contributed by atoms with E-state index in [1.54, 1.807) is 11.8 Å². The summed E-state index contributed by atoms with van der Waals surface area (Å²) in [6.45, 7) is 2.69. The van der Waals surface area contributed by atoms with Crippen LogP contribution in [0.2, 0.25) is 0 Å². The van der Waals surface area contributed by atoms with Gasteiger partial charge in [-0.05, 0) is 24.5 Å². The summed E-state index contributed by atoms with van der Waals surface area (Å²) >= 11 is 1.77. The van der Waals surface area contributed by atoms with Gasteiger partial charge in [-0.2, -0.15) is 11.8 Å². The molecule has 1 heterocycles. The molecule has 1 aliphatic heterocycles. The molecule has 0 saturated carbocycles. The van der Waals surface area contributed by atoms with E-state index in [4.69, 9.17) is 0 Å². The van der Waals surface area contributed by atoms with Crippen LogP contribution in [0.4, 0.5) is 4.79 Å². The van der Waals surface area contributed by atoms with Crippen LogP contribution < -0.4 is 16.0 Å². The highest BCUT2D eigenvalue weighted by Gasteiger charge is 2.29. The molecule has 0 unspecified atom stereocenters. The number of hydrogen-bond donors (Lipinski definition) is 3. The minimum atomic E-state index is -0.594. The van der Waals surface area contributed by atoms with Gasteiger partial charge in [-0.1, -0.05) is 24.3 Å². The third-order valence-electron chi connectivity index (χ3n) is 3.61. The van der Waals surface area contributed by atoms with Gasteiger partial charge < -0.3 is 10.6 Å². The third-order valence-corrected chi connectivity index (χ3v) is 4.61. The minimum absolute atomic E-state index is 0.101. The van der Waals surface area contributed by atoms with E-state index in [0.717, 1.165) is 11.5 Å². The Bertz CT molecular complexity index is 592. The van der Waals surface area contributed by atoms with Crippen molar-refractivity contribution in [3.63, 3.8) is 0 Å². The molecule has 1 atom stereocenters. The lowest BCUT2D eigenvalue weighted by atomic mass is 10.1. The second-order valence-corrected chi connectivity index (χ2v) is 6.49. The fraction of sp³-hybridized carbons (Fsp3) is 0.438. The monoisotopic (exact) mass is 335 g/mol. The largest absolute Gasteiger partial charge is 0.355 e. The van der Waals surface area contributed by atoms with Crippen molar-refractivity contribution >= 4 is 29.6 Å². The zero-order valence-corrected chi connectivity index (χ0v) is 13.9. The van der Waals surface area contributed by atoms with Crippen molar-refractivity contribution in [1.29, 1.82) is 0 Å². The Kier molecular flexibility index (Phi) is 6.46. The van der Waals surface area contributed by atoms with Gasteiger partial charge in [0.2, 0.25) is 5.91 Å². The predicted molar refractivity (Wildman–Crippen MR) is 90.0 cm³/mol. The molecule has 0 aliphatic carbocycles. The van der Waals surface area contributed by atoms with Gasteiger partial charge in [-0.15, -0.1) is 0 Å². The summed E-state index contributed by atoms with van der Waals surface area (Å²) in [7, 11) is 0. The molecule has 2 rings (SSSR count). The standard InChI is InChI=1S/C16H21N3O3S/c1-11-4-2-3-5-12(11)10-23-9-8-17-14(20)7-6-13-15(21)19-16(22)18-13/h2-5,13H,6-10H2,1H3,(H,17,20)(H2,18,19,21,22)/t13-/m0/s1. The second kappa shape index (κ2) is 8.57. The van der Waals surface area contributed by atoms with Crippen LogP contribution in [0.3, 0.4) is 0 Å². The Hall–Kier alpha value is -2.02. The van der Waals surface area contributed by atoms with Crippen LogP contribution in [0.1, 0.15) is 24.0 Å². The molecule has 0 aromatic heterocycles. The van der Waals surface area contributed by atoms with Gasteiger partial charge in [0.05, 0.1) is 0 Å². The van der Waals surface area contributed by atoms with Crippen molar-refractivity contribution in [1.82, 2.24) is 16.0 Å². The molecule has 0 bridgehead atoms. The van der Waals surface area contributed by atoms with Crippen LogP contribution >= 0.6 is 11.8 Å². The van der Waals surface area contributed by atoms with Gasteiger partial charge in [-0.25, -0.2) is 4.79 Å². The molecule has 23 heavy (non-hydrogen) atoms. The average Bonchev–Trinajstić information content (AvgIpc) is 2.84. The number of amides is 4. The summed E-state index contributed by atoms with van der Waals surface area (Å²) in [6.07, 6.45) is 0.542. The summed E-state index contributed by atoms with van der Waals surface area (Å²) in [6, 6.07) is 7.17. The van der Waals surface area contributed by atoms with Crippen molar-refractivity contribution in [2.45, 2.75) is 31.6 Å². The fourth-order valence-electron chi connectivity index (χ4n) is 2.24. The maximum atomic E-state index is 11.7. The van der Waals surface area contributed by atoms with Gasteiger partial charge in [-0.3, -0.25) is 14.9 Å². The maximum absolute atomic E-state index is 11.7. The fourth-order valence-corrected chi connectivity index (χ4v) is 3.18. The van der Waals surface area contributed by atoms with E-state index in [0.29, 0.717) is 13.0 Å². The number of carbonyl (C=O) groups is 3. The zero-order chi connectivity index (χ0) is 16.7. The molecular weight excluding hydrogens is 314 g/mol. The summed E-state index contributed by atoms with van der Waals surface area (Å²) in [5.41, 5.74) is 2.59. The van der Waals surface area contributed by atoms with E-state index < -0.39 is 12.1 Å². The van der Waals surface area contributed by atoms with Gasteiger partial charge in [0.15, 0.2) is 0 Å². The number of rotatable bonds is 8. The van der Waals surface area contributed by atoms with E-state index in [2.05, 4.69) is 35.0 Å². The quantitative estimate of drug-likeness (QED) is 0.494. The Morgan fingerprint density at radius 1 is 1.30 bits per heavy atom. The average molecular weight is 335 g/mol. The summed E-state index contributed by atoms with van der Waals surface area (Å²) in [5, 5.41) is 7.45. The molecule has 1 aliphatic rings. The Morgan fingerprint density at radius 2 is 2.09 bits per heavy atom. The smallest absolute Gasteiger partial charge is 0.322 e. The molecule has 4 amide bonds. The molecular formula is C16H21N3O3S. The van der Waals surface area contributed by atoms with Crippen LogP contribution in [-0.2, 0) is 15.3 Å². The second-order valence-electron chi connectivity index (χ2n) is 5.38. The SMILES string of the molecule is Cc1ccccc1CSCCNC(=O)CC[C@@H]1NC(=O)NC1=O. The Balaban J connectivity index is 1.56. The lowest BCUT2D eigenvalue weighted by Crippen LogP contribution is -2.32. The zero-order valence-electron chi connectivity index (χ0n) is 13.1. The first-order valence-electron chi connectivity index (χ1n) is 7.56. The van der Waals surface area contributed by atoms with E-state index >= 15 is 0 Å². The highest BCUT2D eigenvalue weighted by Crippen LogP contribution is 2.15. The highest BCUT2D eigenvalue weighted by atomic mass is 32.2. The highest BCUT2D eigenvalue weighted by molar-refractivity contribution is 7.98. The van der Waals surface area contributed by atoms with Gasteiger partial charge in [0.1, 0.15) is 6.04 Å². The van der Waals surface area contributed by atoms with E-state index in [9.17, 15) is 14.4 Å². The van der Waals surface area contributed by atoms with Crippen molar-refractivity contribution in [2.24, 2.45) is 0 Å². The number of carbonyl (C=O) groups excluding carboxylic acids is 3. The third kappa shape index (κ3) is 5.59. The lowest BCUT2D eigenvalue weighted by molar-refractivity contribution is -0.122. The molecule has 6 nitrogen and oxygen atoms in total. The Labute approximate surface area is 139 Å². The number of nitrogens with one attached hydrogen (secondary N) is 3. The summed E-state index contributed by atoms with van der Waals surface area (Å²) < 4.78 is 0. The number of aryl methyl sites for hydroxylation is 1. The van der Waals surface area contributed by atoms with E-state index in [1.807, 2.05) is 12.1 Å². The van der Waals surface area contributed by atoms with Crippen LogP contribution in [0, 0.1) is 6.92 Å². The molecule has 1 aromatic rings. The van der Waals surface area contributed by atoms with Gasteiger partial charge in [0.25, 0.3) is 5.91 Å². The molecule has 0 spiro atoms. The topological polar surface area (TPSA) is 87.3 Å². The van der Waals surface area contributed by atoms with Crippen LogP contribution in [0.5, 0.6) is 0 Å². The Morgan fingerprint density at radius 3 is 2.78 bits per heavy atom. The first-order chi connectivity index (χ1) is 11.1. The van der Waals surface area contributed by atoms with Crippen molar-refractivity contribution in [3.8, 4) is 0 Å². The number of urea groups is 1. The van der Waals surface area contributed by atoms with Crippen molar-refractivity contribution in [2.75, 3.05) is 12.3 Å². The number of hydrogen-bond acceptors (Lipinski definition) is 4. The first-order valence-corrected chi connectivity index (χ1v) is 8.72. The maximum Gasteiger partial charge on any atom is 0.322 e. The van der Waals surface area contributed by atoms with Gasteiger partial charge >= 0.3 is 6.03 Å². The number of benzene rings is 1. The van der Waals surface area contributed by atoms with E-state index in [-0.39, 0.29) is 18.2 Å². The van der Waals surface area contributed by atoms with Crippen LogP contribution in [0.15, 0.2) is 24.3 Å². The molecule has 7 heteroatoms. The van der Waals surface area contributed by atoms with Crippen molar-refractivity contribution < 1.29 is 14.4 Å². The molecule has 1 fully saturated rings. The normalized spacial score (nSPS) is 16.8. The molecule has 1 aromatic carbocycles. The minimum Gasteiger partial charge on any atom is -0.355 e. The van der Waals surface area contributed by atoms with Crippen molar-refractivity contribution in [3.05, 3.63) is 35.4 Å². The predicted octanol–water partition coefficient (Wildman–Crippen LogP) is 1.33. The molecule has 0 radical (unpaired) electrons. The number of thioether (sulfide) groups is 1. The number of imide groups is 1. The molecule has 124 valence electrons. The first kappa shape index (κ1) is 17.3. The summed E-state index contributed by atoms with van der Waals surface area (Å²) in [4.78, 5) is 34.0. The molecule has 1 saturated heterocycles. The summed E-state index contributed by atoms with van der Waals surface area (Å²) in [5.74, 6) is 1.30. The van der Waals surface area contributed by atoms with Crippen LogP contribution in [0.25, 0.3) is 0 Å². The molecule has 3 N–H and O–H groups in total. The van der Waals surface area contributed by atoms with E-state index in [1.165, 1.54) is 11.1 Å². The van der Waals surface area contributed by atoms with Gasteiger partial charge in [0, 0.05) is 24.5 Å².